The van der Waals surface area contributed by atoms with E-state index in [2.05, 4.69) is 28.8 Å². The van der Waals surface area contributed by atoms with Crippen molar-refractivity contribution in [2.75, 3.05) is 6.54 Å². The SMILES string of the molecule is Cc1nn(CC(C)C)cc1S(=O)(=O)NCC(C)n1nc(C)c(C)c1C. The van der Waals surface area contributed by atoms with Gasteiger partial charge in [0.1, 0.15) is 4.90 Å². The summed E-state index contributed by atoms with van der Waals surface area (Å²) in [7, 11) is -3.60. The van der Waals surface area contributed by atoms with Crippen LogP contribution in [-0.4, -0.2) is 34.5 Å². The third kappa shape index (κ3) is 4.30. The first-order chi connectivity index (χ1) is 11.5. The smallest absolute Gasteiger partial charge is 0.244 e. The molecule has 2 aromatic heterocycles. The highest BCUT2D eigenvalue weighted by molar-refractivity contribution is 7.89. The average Bonchev–Trinajstić information content (AvgIpc) is 2.99. The molecule has 0 aromatic carbocycles. The molecule has 0 saturated carbocycles. The van der Waals surface area contributed by atoms with E-state index in [0.717, 1.165) is 17.0 Å². The molecule has 2 rings (SSSR count). The van der Waals surface area contributed by atoms with Gasteiger partial charge in [0, 0.05) is 25.0 Å². The van der Waals surface area contributed by atoms with E-state index in [1.54, 1.807) is 17.8 Å². The molecule has 25 heavy (non-hydrogen) atoms. The highest BCUT2D eigenvalue weighted by atomic mass is 32.2. The number of aryl methyl sites for hydroxylation is 2. The Morgan fingerprint density at radius 1 is 1.08 bits per heavy atom. The van der Waals surface area contributed by atoms with Gasteiger partial charge in [0.2, 0.25) is 10.0 Å². The van der Waals surface area contributed by atoms with E-state index in [9.17, 15) is 8.42 Å². The minimum absolute atomic E-state index is 0.0757. The maximum Gasteiger partial charge on any atom is 0.244 e. The van der Waals surface area contributed by atoms with E-state index >= 15 is 0 Å². The lowest BCUT2D eigenvalue weighted by Crippen LogP contribution is -2.30. The van der Waals surface area contributed by atoms with Gasteiger partial charge in [-0.3, -0.25) is 9.36 Å². The molecule has 0 bridgehead atoms. The van der Waals surface area contributed by atoms with Gasteiger partial charge in [-0.05, 0) is 46.1 Å². The third-order valence-corrected chi connectivity index (χ3v) is 5.94. The number of nitrogens with zero attached hydrogens (tertiary/aromatic N) is 4. The van der Waals surface area contributed by atoms with Crippen molar-refractivity contribution in [2.45, 2.75) is 65.9 Å². The van der Waals surface area contributed by atoms with Crippen LogP contribution >= 0.6 is 0 Å². The van der Waals surface area contributed by atoms with Crippen molar-refractivity contribution in [1.82, 2.24) is 24.3 Å². The normalized spacial score (nSPS) is 13.6. The van der Waals surface area contributed by atoms with Gasteiger partial charge >= 0.3 is 0 Å². The van der Waals surface area contributed by atoms with Gasteiger partial charge in [-0.2, -0.15) is 10.2 Å². The largest absolute Gasteiger partial charge is 0.271 e. The van der Waals surface area contributed by atoms with Crippen molar-refractivity contribution in [3.8, 4) is 0 Å². The lowest BCUT2D eigenvalue weighted by Gasteiger charge is -2.15. The molecule has 1 atom stereocenters. The summed E-state index contributed by atoms with van der Waals surface area (Å²) in [6.07, 6.45) is 1.61. The van der Waals surface area contributed by atoms with Crippen LogP contribution in [0.2, 0.25) is 0 Å². The molecule has 2 aromatic rings. The molecule has 0 amide bonds. The summed E-state index contributed by atoms with van der Waals surface area (Å²) in [4.78, 5) is 0.241. The molecule has 0 saturated heterocycles. The summed E-state index contributed by atoms with van der Waals surface area (Å²) < 4.78 is 31.6. The number of hydrogen-bond acceptors (Lipinski definition) is 4. The van der Waals surface area contributed by atoms with Gasteiger partial charge in [0.25, 0.3) is 0 Å². The topological polar surface area (TPSA) is 81.8 Å². The van der Waals surface area contributed by atoms with Gasteiger partial charge in [-0.1, -0.05) is 13.8 Å². The van der Waals surface area contributed by atoms with Crippen molar-refractivity contribution >= 4 is 10.0 Å². The lowest BCUT2D eigenvalue weighted by molar-refractivity contribution is 0.467. The second-order valence-electron chi connectivity index (χ2n) is 7.14. The summed E-state index contributed by atoms with van der Waals surface area (Å²) in [5, 5.41) is 8.81. The van der Waals surface area contributed by atoms with Crippen molar-refractivity contribution in [3.05, 3.63) is 28.8 Å². The third-order valence-electron chi connectivity index (χ3n) is 4.42. The Kier molecular flexibility index (Phi) is 5.73. The van der Waals surface area contributed by atoms with Crippen molar-refractivity contribution in [2.24, 2.45) is 5.92 Å². The van der Waals surface area contributed by atoms with Crippen LogP contribution in [0.5, 0.6) is 0 Å². The van der Waals surface area contributed by atoms with E-state index in [4.69, 9.17) is 0 Å². The number of aromatic nitrogens is 4. The molecule has 140 valence electrons. The average molecular weight is 368 g/mol. The highest BCUT2D eigenvalue weighted by Crippen LogP contribution is 2.18. The zero-order valence-electron chi connectivity index (χ0n) is 16.2. The van der Waals surface area contributed by atoms with Crippen LogP contribution in [0.25, 0.3) is 0 Å². The maximum atomic E-state index is 12.7. The summed E-state index contributed by atoms with van der Waals surface area (Å²) in [6, 6.07) is -0.0757. The van der Waals surface area contributed by atoms with Crippen LogP contribution in [0, 0.1) is 33.6 Å². The van der Waals surface area contributed by atoms with Gasteiger partial charge in [0.15, 0.2) is 0 Å². The Balaban J connectivity index is 2.13. The predicted octanol–water partition coefficient (Wildman–Crippen LogP) is 2.51. The first-order valence-corrected chi connectivity index (χ1v) is 10.1. The Hall–Kier alpha value is -1.67. The summed E-state index contributed by atoms with van der Waals surface area (Å²) in [6.45, 7) is 14.8. The molecular weight excluding hydrogens is 338 g/mol. The van der Waals surface area contributed by atoms with E-state index in [1.807, 2.05) is 32.4 Å². The lowest BCUT2D eigenvalue weighted by atomic mass is 10.2. The predicted molar refractivity (Wildman–Crippen MR) is 98.1 cm³/mol. The molecule has 2 heterocycles. The molecule has 0 spiro atoms. The van der Waals surface area contributed by atoms with E-state index in [0.29, 0.717) is 18.2 Å². The fourth-order valence-electron chi connectivity index (χ4n) is 2.80. The van der Waals surface area contributed by atoms with E-state index < -0.39 is 10.0 Å². The number of sulfonamides is 1. The quantitative estimate of drug-likeness (QED) is 0.815. The Bertz CT molecular complexity index is 849. The van der Waals surface area contributed by atoms with Gasteiger partial charge in [0.05, 0.1) is 17.4 Å². The maximum absolute atomic E-state index is 12.7. The van der Waals surface area contributed by atoms with Crippen LogP contribution in [0.4, 0.5) is 0 Å². The Morgan fingerprint density at radius 3 is 2.24 bits per heavy atom. The standard InChI is InChI=1S/C17H29N5O2S/c1-11(2)9-21-10-17(15(6)19-21)25(23,24)18-8-12(3)22-16(7)13(4)14(5)20-22/h10-12,18H,8-9H2,1-7H3. The minimum Gasteiger partial charge on any atom is -0.271 e. The van der Waals surface area contributed by atoms with Crippen molar-refractivity contribution in [3.63, 3.8) is 0 Å². The Labute approximate surface area is 150 Å². The number of rotatable bonds is 7. The number of hydrogen-bond donors (Lipinski definition) is 1. The van der Waals surface area contributed by atoms with Crippen molar-refractivity contribution < 1.29 is 8.42 Å². The summed E-state index contributed by atoms with van der Waals surface area (Å²) in [5.74, 6) is 0.400. The zero-order valence-corrected chi connectivity index (χ0v) is 17.0. The van der Waals surface area contributed by atoms with Crippen LogP contribution in [0.15, 0.2) is 11.1 Å². The van der Waals surface area contributed by atoms with Gasteiger partial charge in [-0.15, -0.1) is 0 Å². The summed E-state index contributed by atoms with van der Waals surface area (Å²) in [5.41, 5.74) is 3.69. The monoisotopic (exact) mass is 367 g/mol. The first kappa shape index (κ1) is 19.7. The molecule has 0 fully saturated rings. The molecule has 0 aliphatic carbocycles. The second-order valence-corrected chi connectivity index (χ2v) is 8.87. The molecule has 0 aliphatic heterocycles. The fourth-order valence-corrected chi connectivity index (χ4v) is 4.11. The molecule has 0 radical (unpaired) electrons. The molecule has 0 aliphatic rings. The van der Waals surface area contributed by atoms with E-state index in [1.165, 1.54) is 0 Å². The fraction of sp³-hybridized carbons (Fsp3) is 0.647. The van der Waals surface area contributed by atoms with Crippen LogP contribution < -0.4 is 4.72 Å². The molecule has 1 N–H and O–H groups in total. The van der Waals surface area contributed by atoms with E-state index in [-0.39, 0.29) is 17.5 Å². The van der Waals surface area contributed by atoms with Crippen LogP contribution in [-0.2, 0) is 16.6 Å². The van der Waals surface area contributed by atoms with Crippen LogP contribution in [0.1, 0.15) is 49.5 Å². The van der Waals surface area contributed by atoms with Crippen molar-refractivity contribution in [1.29, 1.82) is 0 Å². The molecule has 7 nitrogen and oxygen atoms in total. The zero-order chi connectivity index (χ0) is 18.9. The summed E-state index contributed by atoms with van der Waals surface area (Å²) >= 11 is 0. The minimum atomic E-state index is -3.60. The van der Waals surface area contributed by atoms with Gasteiger partial charge < -0.3 is 0 Å². The molecular formula is C17H29N5O2S. The first-order valence-electron chi connectivity index (χ1n) is 8.59. The second kappa shape index (κ2) is 7.29. The number of nitrogens with one attached hydrogen (secondary N) is 1. The van der Waals surface area contributed by atoms with Crippen LogP contribution in [0.3, 0.4) is 0 Å². The molecule has 8 heteroatoms. The Morgan fingerprint density at radius 2 is 1.72 bits per heavy atom. The molecule has 1 unspecified atom stereocenters. The van der Waals surface area contributed by atoms with Gasteiger partial charge in [-0.25, -0.2) is 13.1 Å². The highest BCUT2D eigenvalue weighted by Gasteiger charge is 2.22.